The number of nitrogens with zero attached hydrogens (tertiary/aromatic N) is 1. The van der Waals surface area contributed by atoms with Crippen molar-refractivity contribution in [3.05, 3.63) is 0 Å². The van der Waals surface area contributed by atoms with Crippen LogP contribution in [0.5, 0.6) is 0 Å². The Hall–Kier alpha value is -0.0500. The average molecular weight is 294 g/mol. The molecule has 0 N–H and O–H groups in total. The van der Waals surface area contributed by atoms with Crippen LogP contribution in [0.1, 0.15) is 0 Å². The maximum Gasteiger partial charge on any atom is 0.0701 e. The molecule has 1 rings (SSSR count). The van der Waals surface area contributed by atoms with Crippen molar-refractivity contribution in [2.75, 3.05) is 65.9 Å². The molecule has 1 aliphatic rings. The van der Waals surface area contributed by atoms with Crippen LogP contribution >= 0.6 is 12.2 Å². The van der Waals surface area contributed by atoms with Crippen LogP contribution in [-0.2, 0) is 31.6 Å². The second kappa shape index (κ2) is 10.8. The zero-order valence-electron chi connectivity index (χ0n) is 10.5. The highest BCUT2D eigenvalue weighted by atomic mass is 32.1. The van der Waals surface area contributed by atoms with Crippen molar-refractivity contribution in [2.45, 2.75) is 0 Å². The lowest BCUT2D eigenvalue weighted by atomic mass is 10.5. The van der Waals surface area contributed by atoms with Gasteiger partial charge in [-0.05, 0) is 0 Å². The Morgan fingerprint density at radius 3 is 1.39 bits per heavy atom. The summed E-state index contributed by atoms with van der Waals surface area (Å²) in [7, 11) is 0. The summed E-state index contributed by atoms with van der Waals surface area (Å²) >= 11 is 10.0. The molecule has 0 spiro atoms. The van der Waals surface area contributed by atoms with Crippen LogP contribution in [0.25, 0.3) is 0 Å². The van der Waals surface area contributed by atoms with Gasteiger partial charge in [-0.25, -0.2) is 0 Å². The van der Waals surface area contributed by atoms with Gasteiger partial charge in [0.2, 0.25) is 0 Å². The summed E-state index contributed by atoms with van der Waals surface area (Å²) in [5.74, 6) is 0. The van der Waals surface area contributed by atoms with E-state index >= 15 is 0 Å². The largest absolute Gasteiger partial charge is 0.411 e. The molecule has 106 valence electrons. The third-order valence-corrected chi connectivity index (χ3v) is 2.90. The molecule has 7 heteroatoms. The van der Waals surface area contributed by atoms with Gasteiger partial charge in [-0.3, -0.25) is 0 Å². The van der Waals surface area contributed by atoms with E-state index in [1.807, 2.05) is 4.90 Å². The van der Waals surface area contributed by atoms with Crippen molar-refractivity contribution in [3.8, 4) is 0 Å². The van der Waals surface area contributed by atoms with Crippen LogP contribution in [0, 0.1) is 0 Å². The standard InChI is InChI=1S/C11H21NO4S2/c17-11(18)12-1-3-13-5-7-15-9-10-16-8-6-14-4-2-12/h1-10H2,(H,17,18)/p-1. The Bertz CT molecular complexity index is 215. The first-order chi connectivity index (χ1) is 8.80. The summed E-state index contributed by atoms with van der Waals surface area (Å²) < 4.78 is 22.0. The molecule has 1 saturated heterocycles. The van der Waals surface area contributed by atoms with Gasteiger partial charge >= 0.3 is 0 Å². The van der Waals surface area contributed by atoms with Crippen molar-refractivity contribution in [2.24, 2.45) is 0 Å². The van der Waals surface area contributed by atoms with Crippen LogP contribution in [0.3, 0.4) is 0 Å². The summed E-state index contributed by atoms with van der Waals surface area (Å²) in [6.45, 7) is 6.08. The quantitative estimate of drug-likeness (QED) is 0.467. The van der Waals surface area contributed by atoms with Crippen LogP contribution in [0.2, 0.25) is 0 Å². The fraction of sp³-hybridized carbons (Fsp3) is 0.909. The normalized spacial score (nSPS) is 21.9. The van der Waals surface area contributed by atoms with Gasteiger partial charge < -0.3 is 48.7 Å². The topological polar surface area (TPSA) is 40.2 Å². The molecular formula is C11H20NO4S2-. The first-order valence-corrected chi connectivity index (χ1v) is 6.89. The molecule has 1 heterocycles. The number of hydrogen-bond acceptors (Lipinski definition) is 6. The van der Waals surface area contributed by atoms with Crippen molar-refractivity contribution in [1.29, 1.82) is 0 Å². The number of ether oxygens (including phenoxy) is 4. The lowest BCUT2D eigenvalue weighted by Crippen LogP contribution is -2.34. The lowest BCUT2D eigenvalue weighted by molar-refractivity contribution is 0.00206. The minimum absolute atomic E-state index is 0.457. The second-order valence-electron chi connectivity index (χ2n) is 3.70. The molecule has 0 amide bonds. The first-order valence-electron chi connectivity index (χ1n) is 6.07. The number of thiocarbonyl (C=S) groups is 1. The molecule has 0 atom stereocenters. The maximum atomic E-state index is 5.44. The van der Waals surface area contributed by atoms with Crippen LogP contribution in [-0.4, -0.2) is 75.2 Å². The predicted octanol–water partition coefficient (Wildman–Crippen LogP) is 0.200. The van der Waals surface area contributed by atoms with Crippen molar-refractivity contribution < 1.29 is 18.9 Å². The van der Waals surface area contributed by atoms with E-state index in [1.54, 1.807) is 0 Å². The SMILES string of the molecule is S=C([S-])N1CCOCCOCCOCCOCC1. The lowest BCUT2D eigenvalue weighted by Gasteiger charge is -2.28. The van der Waals surface area contributed by atoms with E-state index in [0.29, 0.717) is 70.3 Å². The zero-order chi connectivity index (χ0) is 13.1. The van der Waals surface area contributed by atoms with E-state index < -0.39 is 0 Å². The van der Waals surface area contributed by atoms with E-state index in [-0.39, 0.29) is 0 Å². The Kier molecular flexibility index (Phi) is 9.63. The Labute approximate surface area is 119 Å². The molecule has 0 bridgehead atoms. The molecular weight excluding hydrogens is 274 g/mol. The molecule has 0 unspecified atom stereocenters. The van der Waals surface area contributed by atoms with Crippen molar-refractivity contribution in [1.82, 2.24) is 4.90 Å². The zero-order valence-corrected chi connectivity index (χ0v) is 12.1. The number of rotatable bonds is 0. The van der Waals surface area contributed by atoms with Gasteiger partial charge in [-0.1, -0.05) is 4.32 Å². The molecule has 18 heavy (non-hydrogen) atoms. The molecule has 0 aromatic rings. The number of hydrogen-bond donors (Lipinski definition) is 0. The Morgan fingerprint density at radius 2 is 1.06 bits per heavy atom. The highest BCUT2D eigenvalue weighted by molar-refractivity contribution is 8.00. The Balaban J connectivity index is 2.26. The van der Waals surface area contributed by atoms with Gasteiger partial charge in [-0.15, -0.1) is 0 Å². The molecule has 0 aromatic carbocycles. The summed E-state index contributed by atoms with van der Waals surface area (Å²) in [6.07, 6.45) is 0. The van der Waals surface area contributed by atoms with Crippen LogP contribution in [0.15, 0.2) is 0 Å². The molecule has 0 saturated carbocycles. The third-order valence-electron chi connectivity index (χ3n) is 2.39. The first kappa shape index (κ1) is 16.0. The summed E-state index contributed by atoms with van der Waals surface area (Å²) in [5.41, 5.74) is 0. The van der Waals surface area contributed by atoms with Crippen molar-refractivity contribution >= 4 is 29.2 Å². The minimum atomic E-state index is 0.457. The second-order valence-corrected chi connectivity index (χ2v) is 4.73. The van der Waals surface area contributed by atoms with Crippen LogP contribution in [0.4, 0.5) is 0 Å². The van der Waals surface area contributed by atoms with Crippen LogP contribution < -0.4 is 0 Å². The molecule has 0 radical (unpaired) electrons. The van der Waals surface area contributed by atoms with E-state index in [9.17, 15) is 0 Å². The highest BCUT2D eigenvalue weighted by Crippen LogP contribution is 1.93. The highest BCUT2D eigenvalue weighted by Gasteiger charge is 2.02. The minimum Gasteiger partial charge on any atom is -0.411 e. The third kappa shape index (κ3) is 8.12. The average Bonchev–Trinajstić information content (AvgIpc) is 2.36. The van der Waals surface area contributed by atoms with E-state index in [2.05, 4.69) is 0 Å². The summed E-state index contributed by atoms with van der Waals surface area (Å²) in [6, 6.07) is 0. The summed E-state index contributed by atoms with van der Waals surface area (Å²) in [5, 5.41) is 0. The summed E-state index contributed by atoms with van der Waals surface area (Å²) in [4.78, 5) is 1.91. The smallest absolute Gasteiger partial charge is 0.0701 e. The monoisotopic (exact) mass is 294 g/mol. The van der Waals surface area contributed by atoms with Gasteiger partial charge in [0.25, 0.3) is 0 Å². The van der Waals surface area contributed by atoms with Gasteiger partial charge in [-0.2, -0.15) is 0 Å². The molecule has 1 aliphatic heterocycles. The van der Waals surface area contributed by atoms with Gasteiger partial charge in [0.15, 0.2) is 0 Å². The Morgan fingerprint density at radius 1 is 0.722 bits per heavy atom. The van der Waals surface area contributed by atoms with E-state index in [4.69, 9.17) is 43.8 Å². The predicted molar refractivity (Wildman–Crippen MR) is 74.8 cm³/mol. The fourth-order valence-corrected chi connectivity index (χ4v) is 1.77. The molecule has 5 nitrogen and oxygen atoms in total. The molecule has 1 fully saturated rings. The van der Waals surface area contributed by atoms with Crippen molar-refractivity contribution in [3.63, 3.8) is 0 Å². The molecule has 0 aliphatic carbocycles. The van der Waals surface area contributed by atoms with Gasteiger partial charge in [0, 0.05) is 13.1 Å². The van der Waals surface area contributed by atoms with E-state index in [0.717, 1.165) is 0 Å². The fourth-order valence-electron chi connectivity index (χ4n) is 1.41. The van der Waals surface area contributed by atoms with Gasteiger partial charge in [0.1, 0.15) is 0 Å². The van der Waals surface area contributed by atoms with Gasteiger partial charge in [0.05, 0.1) is 52.9 Å². The maximum absolute atomic E-state index is 5.44. The molecule has 0 aromatic heterocycles. The van der Waals surface area contributed by atoms with E-state index in [1.165, 1.54) is 0 Å².